The van der Waals surface area contributed by atoms with Crippen molar-refractivity contribution >= 4 is 15.7 Å². The normalized spacial score (nSPS) is 17.8. The van der Waals surface area contributed by atoms with E-state index in [0.717, 1.165) is 31.6 Å². The third-order valence-corrected chi connectivity index (χ3v) is 7.67. The number of rotatable bonds is 8. The molecule has 4 rings (SSSR count). The van der Waals surface area contributed by atoms with Gasteiger partial charge in [0.15, 0.2) is 0 Å². The second kappa shape index (κ2) is 9.66. The van der Waals surface area contributed by atoms with E-state index in [9.17, 15) is 8.42 Å². The summed E-state index contributed by atoms with van der Waals surface area (Å²) in [7, 11) is 1.24. The molecule has 174 valence electrons. The van der Waals surface area contributed by atoms with Crippen LogP contribution >= 0.6 is 0 Å². The van der Waals surface area contributed by atoms with Gasteiger partial charge in [-0.05, 0) is 35.7 Å². The fourth-order valence-corrected chi connectivity index (χ4v) is 5.62. The molecular weight excluding hydrogens is 430 g/mol. The zero-order chi connectivity index (χ0) is 22.7. The zero-order valence-electron chi connectivity index (χ0n) is 18.8. The Kier molecular flexibility index (Phi) is 6.90. The lowest BCUT2D eigenvalue weighted by Gasteiger charge is -2.35. The van der Waals surface area contributed by atoms with E-state index in [2.05, 4.69) is 39.8 Å². The summed E-state index contributed by atoms with van der Waals surface area (Å²) in [4.78, 5) is 4.60. The first-order valence-electron chi connectivity index (χ1n) is 10.8. The van der Waals surface area contributed by atoms with Crippen LogP contribution in [0, 0.1) is 0 Å². The van der Waals surface area contributed by atoms with E-state index < -0.39 is 10.0 Å². The highest BCUT2D eigenvalue weighted by atomic mass is 32.2. The maximum atomic E-state index is 13.2. The van der Waals surface area contributed by atoms with Crippen molar-refractivity contribution in [2.75, 3.05) is 65.6 Å². The number of methoxy groups -OCH3 is 2. The van der Waals surface area contributed by atoms with Crippen LogP contribution in [-0.4, -0.2) is 74.0 Å². The first-order valence-corrected chi connectivity index (χ1v) is 12.3. The summed E-state index contributed by atoms with van der Waals surface area (Å²) < 4.78 is 45.3. The average molecular weight is 462 g/mol. The highest BCUT2D eigenvalue weighted by Crippen LogP contribution is 2.32. The van der Waals surface area contributed by atoms with E-state index >= 15 is 0 Å². The van der Waals surface area contributed by atoms with Crippen LogP contribution < -0.4 is 19.1 Å². The molecule has 2 aromatic carbocycles. The molecule has 2 aliphatic rings. The summed E-state index contributed by atoms with van der Waals surface area (Å²) in [6, 6.07) is 11.1. The van der Waals surface area contributed by atoms with Crippen molar-refractivity contribution in [2.24, 2.45) is 0 Å². The minimum absolute atomic E-state index is 0.0654. The maximum absolute atomic E-state index is 13.2. The van der Waals surface area contributed by atoms with Gasteiger partial charge in [-0.1, -0.05) is 12.1 Å². The Morgan fingerprint density at radius 1 is 1.06 bits per heavy atom. The summed E-state index contributed by atoms with van der Waals surface area (Å²) in [6.07, 6.45) is 1.00. The van der Waals surface area contributed by atoms with E-state index in [4.69, 9.17) is 14.2 Å². The molecule has 1 N–H and O–H groups in total. The zero-order valence-corrected chi connectivity index (χ0v) is 19.7. The van der Waals surface area contributed by atoms with Gasteiger partial charge in [0.05, 0.1) is 27.4 Å². The van der Waals surface area contributed by atoms with Crippen molar-refractivity contribution in [2.45, 2.75) is 17.4 Å². The highest BCUT2D eigenvalue weighted by Gasteiger charge is 2.28. The van der Waals surface area contributed by atoms with Crippen LogP contribution in [0.1, 0.15) is 17.2 Å². The summed E-state index contributed by atoms with van der Waals surface area (Å²) in [5.41, 5.74) is 3.66. The lowest BCUT2D eigenvalue weighted by molar-refractivity contribution is 0.0172. The molecule has 9 heteroatoms. The molecule has 2 aliphatic heterocycles. The van der Waals surface area contributed by atoms with Gasteiger partial charge in [-0.25, -0.2) is 13.1 Å². The van der Waals surface area contributed by atoms with Gasteiger partial charge in [0.2, 0.25) is 10.0 Å². The maximum Gasteiger partial charge on any atom is 0.244 e. The number of likely N-dealkylation sites (N-methyl/N-ethyl adjacent to an activating group) is 1. The van der Waals surface area contributed by atoms with Crippen LogP contribution in [-0.2, 0) is 21.2 Å². The molecule has 1 atom stereocenters. The Bertz CT molecular complexity index is 1050. The number of anilines is 1. The van der Waals surface area contributed by atoms with Gasteiger partial charge in [0.25, 0.3) is 0 Å². The topological polar surface area (TPSA) is 80.3 Å². The first-order chi connectivity index (χ1) is 15.4. The van der Waals surface area contributed by atoms with Crippen molar-refractivity contribution in [3.8, 4) is 11.5 Å². The largest absolute Gasteiger partial charge is 0.497 e. The Balaban J connectivity index is 1.61. The van der Waals surface area contributed by atoms with Crippen LogP contribution in [0.5, 0.6) is 11.5 Å². The molecule has 0 radical (unpaired) electrons. The summed E-state index contributed by atoms with van der Waals surface area (Å²) in [5, 5.41) is 0. The number of ether oxygens (including phenoxy) is 3. The van der Waals surface area contributed by atoms with E-state index in [0.29, 0.717) is 19.0 Å². The number of sulfonamides is 1. The van der Waals surface area contributed by atoms with Gasteiger partial charge >= 0.3 is 0 Å². The lowest BCUT2D eigenvalue weighted by Crippen LogP contribution is -2.43. The second-order valence-corrected chi connectivity index (χ2v) is 9.83. The SMILES string of the molecule is COc1ccc(OC)c(S(=O)(=O)NC[C@H](c2ccc3c(c2)CCN3C)N2CCOCC2)c1. The Labute approximate surface area is 190 Å². The third-order valence-electron chi connectivity index (χ3n) is 6.23. The first kappa shape index (κ1) is 22.8. The number of hydrogen-bond acceptors (Lipinski definition) is 7. The van der Waals surface area contributed by atoms with Crippen molar-refractivity contribution < 1.29 is 22.6 Å². The van der Waals surface area contributed by atoms with Crippen LogP contribution in [0.4, 0.5) is 5.69 Å². The number of hydrogen-bond donors (Lipinski definition) is 1. The van der Waals surface area contributed by atoms with Gasteiger partial charge in [-0.2, -0.15) is 0 Å². The molecule has 2 aromatic rings. The summed E-state index contributed by atoms with van der Waals surface area (Å²) in [6.45, 7) is 4.04. The number of fused-ring (bicyclic) bond motifs is 1. The fraction of sp³-hybridized carbons (Fsp3) is 0.478. The minimum atomic E-state index is -3.82. The van der Waals surface area contributed by atoms with Gasteiger partial charge in [-0.3, -0.25) is 4.90 Å². The standard InChI is InChI=1S/C23H31N3O5S/c1-25-9-8-18-14-17(4-6-20(18)25)21(26-10-12-31-13-11-26)16-24-32(27,28)23-15-19(29-2)5-7-22(23)30-3/h4-7,14-15,21,24H,8-13,16H2,1-3H3/t21-/m1/s1. The number of morpholine rings is 1. The predicted molar refractivity (Wildman–Crippen MR) is 123 cm³/mol. The molecule has 0 aromatic heterocycles. The molecule has 0 amide bonds. The van der Waals surface area contributed by atoms with E-state index in [1.165, 1.54) is 31.5 Å². The molecular formula is C23H31N3O5S. The van der Waals surface area contributed by atoms with Crippen molar-refractivity contribution in [3.05, 3.63) is 47.5 Å². The van der Waals surface area contributed by atoms with E-state index in [1.807, 2.05) is 0 Å². The lowest BCUT2D eigenvalue weighted by atomic mass is 10.0. The monoisotopic (exact) mass is 461 g/mol. The third kappa shape index (κ3) is 4.71. The summed E-state index contributed by atoms with van der Waals surface area (Å²) >= 11 is 0. The molecule has 0 aliphatic carbocycles. The molecule has 0 unspecified atom stereocenters. The molecule has 1 saturated heterocycles. The van der Waals surface area contributed by atoms with Gasteiger partial charge < -0.3 is 19.1 Å². The smallest absolute Gasteiger partial charge is 0.244 e. The number of nitrogens with one attached hydrogen (secondary N) is 1. The second-order valence-electron chi connectivity index (χ2n) is 8.09. The van der Waals surface area contributed by atoms with Crippen LogP contribution in [0.25, 0.3) is 0 Å². The average Bonchev–Trinajstić information content (AvgIpc) is 3.19. The quantitative estimate of drug-likeness (QED) is 0.644. The van der Waals surface area contributed by atoms with Crippen LogP contribution in [0.15, 0.2) is 41.3 Å². The number of nitrogens with zero attached hydrogens (tertiary/aromatic N) is 2. The molecule has 32 heavy (non-hydrogen) atoms. The molecule has 1 fully saturated rings. The van der Waals surface area contributed by atoms with Gasteiger partial charge in [0, 0.05) is 51.0 Å². The van der Waals surface area contributed by atoms with Crippen molar-refractivity contribution in [3.63, 3.8) is 0 Å². The Morgan fingerprint density at radius 2 is 1.84 bits per heavy atom. The van der Waals surface area contributed by atoms with Crippen molar-refractivity contribution in [1.82, 2.24) is 9.62 Å². The van der Waals surface area contributed by atoms with Gasteiger partial charge in [0.1, 0.15) is 16.4 Å². The van der Waals surface area contributed by atoms with Crippen LogP contribution in [0.2, 0.25) is 0 Å². The Morgan fingerprint density at radius 3 is 2.56 bits per heavy atom. The van der Waals surface area contributed by atoms with Crippen molar-refractivity contribution in [1.29, 1.82) is 0 Å². The van der Waals surface area contributed by atoms with Gasteiger partial charge in [-0.15, -0.1) is 0 Å². The highest BCUT2D eigenvalue weighted by molar-refractivity contribution is 7.89. The summed E-state index contributed by atoms with van der Waals surface area (Å²) in [5.74, 6) is 0.737. The minimum Gasteiger partial charge on any atom is -0.497 e. The predicted octanol–water partition coefficient (Wildman–Crippen LogP) is 2.05. The molecule has 2 heterocycles. The number of benzene rings is 2. The fourth-order valence-electron chi connectivity index (χ4n) is 4.40. The van der Waals surface area contributed by atoms with E-state index in [-0.39, 0.29) is 23.2 Å². The van der Waals surface area contributed by atoms with E-state index in [1.54, 1.807) is 12.1 Å². The van der Waals surface area contributed by atoms with Crippen LogP contribution in [0.3, 0.4) is 0 Å². The molecule has 8 nitrogen and oxygen atoms in total. The molecule has 0 spiro atoms. The molecule has 0 saturated carbocycles. The Hall–Kier alpha value is -2.33. The molecule has 0 bridgehead atoms.